The molecule has 0 aromatic carbocycles. The Morgan fingerprint density at radius 3 is 2.89 bits per heavy atom. The van der Waals surface area contributed by atoms with Crippen molar-refractivity contribution >= 4 is 0 Å². The fourth-order valence-electron chi connectivity index (χ4n) is 3.53. The van der Waals surface area contributed by atoms with Gasteiger partial charge in [-0.1, -0.05) is 33.6 Å². The van der Waals surface area contributed by atoms with E-state index in [0.29, 0.717) is 11.5 Å². The molecule has 102 valence electrons. The molecular weight excluding hydrogens is 222 g/mol. The Kier molecular flexibility index (Phi) is 4.50. The highest BCUT2D eigenvalue weighted by molar-refractivity contribution is 5.03. The van der Waals surface area contributed by atoms with Crippen molar-refractivity contribution in [1.82, 2.24) is 5.32 Å². The molecule has 2 unspecified atom stereocenters. The molecule has 0 amide bonds. The molecule has 1 aromatic heterocycles. The third kappa shape index (κ3) is 3.17. The second kappa shape index (κ2) is 5.92. The molecule has 0 aliphatic heterocycles. The summed E-state index contributed by atoms with van der Waals surface area (Å²) in [6.07, 6.45) is 8.29. The molecule has 2 atom stereocenters. The second-order valence-electron chi connectivity index (χ2n) is 6.29. The first-order valence-corrected chi connectivity index (χ1v) is 7.39. The van der Waals surface area contributed by atoms with Crippen molar-refractivity contribution in [2.75, 3.05) is 6.54 Å². The van der Waals surface area contributed by atoms with Gasteiger partial charge in [-0.3, -0.25) is 0 Å². The molecule has 18 heavy (non-hydrogen) atoms. The van der Waals surface area contributed by atoms with Crippen molar-refractivity contribution < 1.29 is 4.42 Å². The van der Waals surface area contributed by atoms with Crippen molar-refractivity contribution in [2.24, 2.45) is 11.3 Å². The smallest absolute Gasteiger partial charge is 0.105 e. The average molecular weight is 249 g/mol. The fraction of sp³-hybridized carbons (Fsp3) is 0.750. The van der Waals surface area contributed by atoms with E-state index in [2.05, 4.69) is 32.2 Å². The standard InChI is InChI=1S/C16H27NO/c1-4-17-15(12-13-8-7-11-18-13)14-9-5-6-10-16(14,2)3/h7-8,11,14-15,17H,4-6,9-10,12H2,1-3H3. The molecule has 1 fully saturated rings. The predicted molar refractivity (Wildman–Crippen MR) is 75.6 cm³/mol. The minimum atomic E-state index is 0.456. The summed E-state index contributed by atoms with van der Waals surface area (Å²) in [6, 6.07) is 4.64. The Bertz CT molecular complexity index is 342. The molecule has 2 nitrogen and oxygen atoms in total. The topological polar surface area (TPSA) is 25.2 Å². The van der Waals surface area contributed by atoms with Crippen molar-refractivity contribution in [1.29, 1.82) is 0 Å². The lowest BCUT2D eigenvalue weighted by atomic mass is 9.65. The maximum atomic E-state index is 5.53. The van der Waals surface area contributed by atoms with Crippen LogP contribution in [0.5, 0.6) is 0 Å². The van der Waals surface area contributed by atoms with Gasteiger partial charge in [-0.25, -0.2) is 0 Å². The SMILES string of the molecule is CCNC(Cc1ccco1)C1CCCCC1(C)C. The van der Waals surface area contributed by atoms with Crippen LogP contribution in [0, 0.1) is 11.3 Å². The highest BCUT2D eigenvalue weighted by Gasteiger charge is 2.37. The van der Waals surface area contributed by atoms with E-state index in [4.69, 9.17) is 4.42 Å². The van der Waals surface area contributed by atoms with Crippen molar-refractivity contribution in [3.63, 3.8) is 0 Å². The lowest BCUT2D eigenvalue weighted by molar-refractivity contribution is 0.0967. The Morgan fingerprint density at radius 1 is 1.44 bits per heavy atom. The quantitative estimate of drug-likeness (QED) is 0.852. The number of hydrogen-bond donors (Lipinski definition) is 1. The van der Waals surface area contributed by atoms with E-state index in [1.165, 1.54) is 25.7 Å². The summed E-state index contributed by atoms with van der Waals surface area (Å²) >= 11 is 0. The molecule has 1 N–H and O–H groups in total. The first-order chi connectivity index (χ1) is 8.63. The van der Waals surface area contributed by atoms with E-state index < -0.39 is 0 Å². The van der Waals surface area contributed by atoms with Crippen LogP contribution < -0.4 is 5.32 Å². The summed E-state index contributed by atoms with van der Waals surface area (Å²) in [7, 11) is 0. The summed E-state index contributed by atoms with van der Waals surface area (Å²) in [5.41, 5.74) is 0.456. The van der Waals surface area contributed by atoms with Gasteiger partial charge in [0.05, 0.1) is 6.26 Å². The highest BCUT2D eigenvalue weighted by Crippen LogP contribution is 2.42. The molecule has 1 aliphatic carbocycles. The summed E-state index contributed by atoms with van der Waals surface area (Å²) < 4.78 is 5.53. The highest BCUT2D eigenvalue weighted by atomic mass is 16.3. The van der Waals surface area contributed by atoms with Crippen molar-refractivity contribution in [3.8, 4) is 0 Å². The largest absolute Gasteiger partial charge is 0.469 e. The van der Waals surface area contributed by atoms with Gasteiger partial charge in [0.15, 0.2) is 0 Å². The van der Waals surface area contributed by atoms with Gasteiger partial charge in [-0.05, 0) is 42.9 Å². The zero-order valence-corrected chi connectivity index (χ0v) is 12.0. The molecule has 0 bridgehead atoms. The number of rotatable bonds is 5. The minimum absolute atomic E-state index is 0.456. The van der Waals surface area contributed by atoms with Crippen molar-refractivity contribution in [3.05, 3.63) is 24.2 Å². The normalized spacial score (nSPS) is 24.9. The fourth-order valence-corrected chi connectivity index (χ4v) is 3.53. The number of furan rings is 1. The summed E-state index contributed by atoms with van der Waals surface area (Å²) in [6.45, 7) is 8.11. The molecule has 0 radical (unpaired) electrons. The van der Waals surface area contributed by atoms with Gasteiger partial charge in [0.25, 0.3) is 0 Å². The summed E-state index contributed by atoms with van der Waals surface area (Å²) in [5, 5.41) is 3.69. The number of nitrogens with one attached hydrogen (secondary N) is 1. The Morgan fingerprint density at radius 2 is 2.28 bits per heavy atom. The molecular formula is C16H27NO. The van der Waals surface area contributed by atoms with Gasteiger partial charge in [-0.2, -0.15) is 0 Å². The lowest BCUT2D eigenvalue weighted by Gasteiger charge is -2.43. The van der Waals surface area contributed by atoms with E-state index in [9.17, 15) is 0 Å². The lowest BCUT2D eigenvalue weighted by Crippen LogP contribution is -2.46. The van der Waals surface area contributed by atoms with E-state index in [-0.39, 0.29) is 0 Å². The van der Waals surface area contributed by atoms with E-state index >= 15 is 0 Å². The summed E-state index contributed by atoms with van der Waals surface area (Å²) in [5.74, 6) is 1.87. The molecule has 0 saturated heterocycles. The van der Waals surface area contributed by atoms with E-state index in [0.717, 1.165) is 24.6 Å². The van der Waals surface area contributed by atoms with Crippen LogP contribution in [0.1, 0.15) is 52.2 Å². The Hall–Kier alpha value is -0.760. The van der Waals surface area contributed by atoms with Crippen LogP contribution in [0.25, 0.3) is 0 Å². The maximum absolute atomic E-state index is 5.53. The Labute approximate surface area is 111 Å². The summed E-state index contributed by atoms with van der Waals surface area (Å²) in [4.78, 5) is 0. The van der Waals surface area contributed by atoms with Crippen molar-refractivity contribution in [2.45, 2.75) is 58.9 Å². The Balaban J connectivity index is 2.08. The maximum Gasteiger partial charge on any atom is 0.105 e. The van der Waals surface area contributed by atoms with Gasteiger partial charge in [0.1, 0.15) is 5.76 Å². The van der Waals surface area contributed by atoms with Crippen LogP contribution in [0.3, 0.4) is 0 Å². The van der Waals surface area contributed by atoms with Crippen LogP contribution in [-0.2, 0) is 6.42 Å². The third-order valence-electron chi connectivity index (χ3n) is 4.54. The molecule has 2 heteroatoms. The molecule has 2 rings (SSSR count). The monoisotopic (exact) mass is 249 g/mol. The molecule has 1 heterocycles. The third-order valence-corrected chi connectivity index (χ3v) is 4.54. The van der Waals surface area contributed by atoms with E-state index in [1.807, 2.05) is 6.07 Å². The zero-order valence-electron chi connectivity index (χ0n) is 12.0. The molecule has 1 aromatic rings. The van der Waals surface area contributed by atoms with Gasteiger partial charge >= 0.3 is 0 Å². The molecule has 1 saturated carbocycles. The van der Waals surface area contributed by atoms with Gasteiger partial charge < -0.3 is 9.73 Å². The first-order valence-electron chi connectivity index (χ1n) is 7.39. The first kappa shape index (κ1) is 13.7. The second-order valence-corrected chi connectivity index (χ2v) is 6.29. The van der Waals surface area contributed by atoms with Gasteiger partial charge in [0.2, 0.25) is 0 Å². The number of likely N-dealkylation sites (N-methyl/N-ethyl adjacent to an activating group) is 1. The van der Waals surface area contributed by atoms with Crippen LogP contribution in [0.4, 0.5) is 0 Å². The molecule has 1 aliphatic rings. The predicted octanol–water partition coefficient (Wildman–Crippen LogP) is 4.02. The van der Waals surface area contributed by atoms with Crippen LogP contribution in [0.2, 0.25) is 0 Å². The minimum Gasteiger partial charge on any atom is -0.469 e. The van der Waals surface area contributed by atoms with Crippen LogP contribution in [0.15, 0.2) is 22.8 Å². The van der Waals surface area contributed by atoms with Crippen LogP contribution >= 0.6 is 0 Å². The molecule has 0 spiro atoms. The average Bonchev–Trinajstić information content (AvgIpc) is 2.81. The van der Waals surface area contributed by atoms with E-state index in [1.54, 1.807) is 6.26 Å². The van der Waals surface area contributed by atoms with Gasteiger partial charge in [0, 0.05) is 12.5 Å². The zero-order chi connectivity index (χ0) is 13.0. The van der Waals surface area contributed by atoms with Crippen LogP contribution in [-0.4, -0.2) is 12.6 Å². The van der Waals surface area contributed by atoms with Gasteiger partial charge in [-0.15, -0.1) is 0 Å². The number of hydrogen-bond acceptors (Lipinski definition) is 2.